The summed E-state index contributed by atoms with van der Waals surface area (Å²) >= 11 is 0. The van der Waals surface area contributed by atoms with Gasteiger partial charge in [-0.15, -0.1) is 0 Å². The lowest BCUT2D eigenvalue weighted by atomic mass is 10.0. The molecule has 0 atom stereocenters. The van der Waals surface area contributed by atoms with Crippen molar-refractivity contribution in [2.24, 2.45) is 0 Å². The normalized spacial score (nSPS) is 12.2. The summed E-state index contributed by atoms with van der Waals surface area (Å²) in [6.07, 6.45) is 0. The largest absolute Gasteiger partial charge is 0.308 e. The number of aromatic nitrogens is 4. The van der Waals surface area contributed by atoms with Crippen molar-refractivity contribution in [1.29, 1.82) is 0 Å². The van der Waals surface area contributed by atoms with E-state index in [2.05, 4.69) is 167 Å². The van der Waals surface area contributed by atoms with Gasteiger partial charge in [0.1, 0.15) is 0 Å². The van der Waals surface area contributed by atoms with Crippen molar-refractivity contribution in [2.45, 2.75) is 0 Å². The molecule has 4 heterocycles. The molecular weight excluding hydrogens is 585 g/mol. The molecule has 0 amide bonds. The summed E-state index contributed by atoms with van der Waals surface area (Å²) in [4.78, 5) is 10.7. The lowest BCUT2D eigenvalue weighted by Gasteiger charge is -2.13. The van der Waals surface area contributed by atoms with Gasteiger partial charge in [0.05, 0.1) is 38.8 Å². The number of rotatable bonds is 3. The predicted molar refractivity (Wildman–Crippen MR) is 199 cm³/mol. The van der Waals surface area contributed by atoms with Crippen LogP contribution in [0.2, 0.25) is 0 Å². The number of benzene rings is 7. The number of hydrogen-bond acceptors (Lipinski definition) is 2. The molecule has 0 saturated carbocycles. The first-order valence-electron chi connectivity index (χ1n) is 16.4. The van der Waals surface area contributed by atoms with Crippen LogP contribution in [0.1, 0.15) is 0 Å². The van der Waals surface area contributed by atoms with Gasteiger partial charge in [-0.3, -0.25) is 4.57 Å². The first kappa shape index (κ1) is 25.6. The van der Waals surface area contributed by atoms with Gasteiger partial charge in [-0.05, 0) is 52.9 Å². The first-order valence-corrected chi connectivity index (χ1v) is 16.4. The third-order valence-corrected chi connectivity index (χ3v) is 10.1. The Kier molecular flexibility index (Phi) is 5.08. The summed E-state index contributed by atoms with van der Waals surface area (Å²) < 4.78 is 4.74. The third-order valence-electron chi connectivity index (χ3n) is 10.1. The average Bonchev–Trinajstić information content (AvgIpc) is 3.64. The zero-order chi connectivity index (χ0) is 31.3. The van der Waals surface area contributed by atoms with Crippen LogP contribution in [0, 0.1) is 0 Å². The van der Waals surface area contributed by atoms with Crippen LogP contribution in [0.15, 0.2) is 158 Å². The Morgan fingerprint density at radius 2 is 0.979 bits per heavy atom. The molecule has 11 aromatic rings. The molecule has 0 radical (unpaired) electrons. The van der Waals surface area contributed by atoms with Crippen LogP contribution < -0.4 is 0 Å². The van der Waals surface area contributed by atoms with E-state index in [9.17, 15) is 0 Å². The van der Waals surface area contributed by atoms with Crippen molar-refractivity contribution in [1.82, 2.24) is 18.9 Å². The van der Waals surface area contributed by atoms with E-state index in [4.69, 9.17) is 9.97 Å². The highest BCUT2D eigenvalue weighted by atomic mass is 15.2. The molecule has 0 fully saturated rings. The highest BCUT2D eigenvalue weighted by Gasteiger charge is 2.23. The van der Waals surface area contributed by atoms with Crippen LogP contribution >= 0.6 is 0 Å². The Hall–Kier alpha value is -6.52. The monoisotopic (exact) mass is 610 g/mol. The number of para-hydroxylation sites is 2. The van der Waals surface area contributed by atoms with E-state index in [0.29, 0.717) is 5.95 Å². The predicted octanol–water partition coefficient (Wildman–Crippen LogP) is 11.2. The van der Waals surface area contributed by atoms with E-state index in [-0.39, 0.29) is 0 Å². The van der Waals surface area contributed by atoms with Crippen LogP contribution in [-0.4, -0.2) is 18.9 Å². The van der Waals surface area contributed by atoms with E-state index >= 15 is 0 Å². The second-order valence-corrected chi connectivity index (χ2v) is 12.6. The van der Waals surface area contributed by atoms with Gasteiger partial charge in [0.25, 0.3) is 0 Å². The van der Waals surface area contributed by atoms with Crippen molar-refractivity contribution in [3.8, 4) is 28.3 Å². The van der Waals surface area contributed by atoms with E-state index in [0.717, 1.165) is 44.3 Å². The smallest absolute Gasteiger partial charge is 0.235 e. The van der Waals surface area contributed by atoms with Gasteiger partial charge in [0.15, 0.2) is 0 Å². The van der Waals surface area contributed by atoms with Crippen LogP contribution in [0.3, 0.4) is 0 Å². The molecule has 0 unspecified atom stereocenters. The van der Waals surface area contributed by atoms with E-state index in [1.54, 1.807) is 0 Å². The molecule has 222 valence electrons. The van der Waals surface area contributed by atoms with Crippen molar-refractivity contribution < 1.29 is 0 Å². The molecule has 4 aromatic heterocycles. The molecular formula is C44H26N4. The van der Waals surface area contributed by atoms with Gasteiger partial charge in [-0.1, -0.05) is 121 Å². The van der Waals surface area contributed by atoms with Crippen LogP contribution in [0.4, 0.5) is 0 Å². The minimum Gasteiger partial charge on any atom is -0.308 e. The fourth-order valence-corrected chi connectivity index (χ4v) is 8.05. The van der Waals surface area contributed by atoms with Gasteiger partial charge >= 0.3 is 0 Å². The standard InChI is InChI=1S/C44H26N4/c1-3-12-27(13-4-1)29-24-25-34-35(26-29)45-44(46-42(34)28-14-5-2-6-15-28)48-37-21-10-17-31-33-19-9-18-32-30-16-7-8-20-36(30)47(43(32)33)38-22-11-23-39(48)41(38)40(31)37/h1-26H. The molecule has 0 aliphatic carbocycles. The van der Waals surface area contributed by atoms with Gasteiger partial charge < -0.3 is 4.40 Å². The Labute approximate surface area is 275 Å². The third kappa shape index (κ3) is 3.38. The summed E-state index contributed by atoms with van der Waals surface area (Å²) in [6, 6.07) is 56.3. The molecule has 0 aliphatic rings. The molecule has 48 heavy (non-hydrogen) atoms. The minimum atomic E-state index is 0.664. The second-order valence-electron chi connectivity index (χ2n) is 12.6. The first-order chi connectivity index (χ1) is 23.8. The van der Waals surface area contributed by atoms with Crippen LogP contribution in [-0.2, 0) is 0 Å². The lowest BCUT2D eigenvalue weighted by Crippen LogP contribution is -2.03. The maximum atomic E-state index is 5.39. The molecule has 11 rings (SSSR count). The molecule has 7 aromatic carbocycles. The zero-order valence-electron chi connectivity index (χ0n) is 25.8. The topological polar surface area (TPSA) is 35.1 Å². The average molecular weight is 611 g/mol. The molecule has 0 bridgehead atoms. The minimum absolute atomic E-state index is 0.664. The molecule has 0 spiro atoms. The molecule has 4 nitrogen and oxygen atoms in total. The number of hydrogen-bond donors (Lipinski definition) is 0. The van der Waals surface area contributed by atoms with Gasteiger partial charge in [0.2, 0.25) is 5.95 Å². The Balaban J connectivity index is 1.32. The van der Waals surface area contributed by atoms with Gasteiger partial charge in [-0.25, -0.2) is 9.97 Å². The fourth-order valence-electron chi connectivity index (χ4n) is 8.05. The number of nitrogens with zero attached hydrogens (tertiary/aromatic N) is 4. The Morgan fingerprint density at radius 1 is 0.375 bits per heavy atom. The summed E-state index contributed by atoms with van der Waals surface area (Å²) in [5.41, 5.74) is 11.0. The SMILES string of the molecule is c1ccc(-c2ccc3c(-c4ccccc4)nc(-n4c5cccc6c7cccc8c9ccccc9n(c9cccc4c9c65)c78)nc3c2)cc1. The van der Waals surface area contributed by atoms with Crippen molar-refractivity contribution in [3.05, 3.63) is 158 Å². The number of fused-ring (bicyclic) bond motifs is 6. The van der Waals surface area contributed by atoms with Gasteiger partial charge in [-0.2, -0.15) is 0 Å². The van der Waals surface area contributed by atoms with Crippen LogP contribution in [0.5, 0.6) is 0 Å². The quantitative estimate of drug-likeness (QED) is 0.199. The highest BCUT2D eigenvalue weighted by molar-refractivity contribution is 6.31. The van der Waals surface area contributed by atoms with Crippen molar-refractivity contribution in [3.63, 3.8) is 0 Å². The highest BCUT2D eigenvalue weighted by Crippen LogP contribution is 2.44. The molecule has 0 saturated heterocycles. The van der Waals surface area contributed by atoms with Crippen molar-refractivity contribution >= 4 is 70.8 Å². The lowest BCUT2D eigenvalue weighted by molar-refractivity contribution is 1.01. The maximum absolute atomic E-state index is 5.39. The second kappa shape index (κ2) is 9.50. The zero-order valence-corrected chi connectivity index (χ0v) is 25.8. The van der Waals surface area contributed by atoms with Crippen molar-refractivity contribution in [2.75, 3.05) is 0 Å². The molecule has 4 heteroatoms. The summed E-state index contributed by atoms with van der Waals surface area (Å²) in [6.45, 7) is 0. The Bertz CT molecular complexity index is 3040. The van der Waals surface area contributed by atoms with Crippen LogP contribution in [0.25, 0.3) is 99.1 Å². The van der Waals surface area contributed by atoms with E-state index < -0.39 is 0 Å². The van der Waals surface area contributed by atoms with E-state index in [1.807, 2.05) is 0 Å². The van der Waals surface area contributed by atoms with E-state index in [1.165, 1.54) is 48.9 Å². The summed E-state index contributed by atoms with van der Waals surface area (Å²) in [5.74, 6) is 0.664. The summed E-state index contributed by atoms with van der Waals surface area (Å²) in [7, 11) is 0. The Morgan fingerprint density at radius 3 is 1.81 bits per heavy atom. The fraction of sp³-hybridized carbons (Fsp3) is 0. The molecule has 0 aliphatic heterocycles. The summed E-state index contributed by atoms with van der Waals surface area (Å²) in [5, 5.41) is 8.47. The van der Waals surface area contributed by atoms with Gasteiger partial charge in [0, 0.05) is 37.9 Å². The maximum Gasteiger partial charge on any atom is 0.235 e. The molecule has 0 N–H and O–H groups in total.